The van der Waals surface area contributed by atoms with Crippen molar-refractivity contribution >= 4 is 16.8 Å². The quantitative estimate of drug-likeness (QED) is 0.685. The van der Waals surface area contributed by atoms with E-state index in [0.717, 1.165) is 16.6 Å². The van der Waals surface area contributed by atoms with Gasteiger partial charge < -0.3 is 15.0 Å². The Morgan fingerprint density at radius 1 is 1.18 bits per heavy atom. The molecular weight excluding hydrogens is 358 g/mol. The molecule has 0 saturated heterocycles. The van der Waals surface area contributed by atoms with Crippen molar-refractivity contribution in [2.75, 3.05) is 7.11 Å². The fourth-order valence-corrected chi connectivity index (χ4v) is 2.86. The van der Waals surface area contributed by atoms with E-state index >= 15 is 0 Å². The number of fused-ring (bicyclic) bond motifs is 1. The second-order valence-corrected chi connectivity index (χ2v) is 6.71. The molecule has 7 heteroatoms. The van der Waals surface area contributed by atoms with Crippen LogP contribution >= 0.6 is 0 Å². The van der Waals surface area contributed by atoms with Gasteiger partial charge in [-0.3, -0.25) is 14.2 Å². The van der Waals surface area contributed by atoms with Gasteiger partial charge in [-0.15, -0.1) is 0 Å². The Bertz CT molecular complexity index is 1110. The van der Waals surface area contributed by atoms with E-state index in [0.29, 0.717) is 22.2 Å². The van der Waals surface area contributed by atoms with Gasteiger partial charge in [0.25, 0.3) is 11.5 Å². The summed E-state index contributed by atoms with van der Waals surface area (Å²) in [4.78, 5) is 40.3. The highest BCUT2D eigenvalue weighted by Gasteiger charge is 2.13. The number of rotatable bonds is 6. The predicted molar refractivity (Wildman–Crippen MR) is 108 cm³/mol. The molecule has 2 aromatic carbocycles. The van der Waals surface area contributed by atoms with Crippen LogP contribution in [0.2, 0.25) is 0 Å². The number of aromatic nitrogens is 2. The second-order valence-electron chi connectivity index (χ2n) is 6.71. The summed E-state index contributed by atoms with van der Waals surface area (Å²) in [7, 11) is 1.57. The van der Waals surface area contributed by atoms with Gasteiger partial charge >= 0.3 is 5.69 Å². The Morgan fingerprint density at radius 2 is 1.89 bits per heavy atom. The van der Waals surface area contributed by atoms with Crippen LogP contribution in [-0.4, -0.2) is 28.6 Å². The van der Waals surface area contributed by atoms with E-state index in [-0.39, 0.29) is 18.5 Å². The van der Waals surface area contributed by atoms with Crippen molar-refractivity contribution in [3.05, 3.63) is 74.4 Å². The Balaban J connectivity index is 1.96. The van der Waals surface area contributed by atoms with E-state index < -0.39 is 11.2 Å². The fourth-order valence-electron chi connectivity index (χ4n) is 2.86. The van der Waals surface area contributed by atoms with Crippen molar-refractivity contribution in [2.24, 2.45) is 0 Å². The molecule has 0 aliphatic heterocycles. The average Bonchev–Trinajstić information content (AvgIpc) is 2.70. The highest BCUT2D eigenvalue weighted by atomic mass is 16.5. The first-order valence-electron chi connectivity index (χ1n) is 9.13. The number of carbonyl (C=O) groups is 1. The van der Waals surface area contributed by atoms with Gasteiger partial charge in [-0.2, -0.15) is 0 Å². The van der Waals surface area contributed by atoms with Gasteiger partial charge in [0.1, 0.15) is 5.75 Å². The highest BCUT2D eigenvalue weighted by Crippen LogP contribution is 2.13. The number of carbonyl (C=O) groups excluding carboxylic acids is 1. The summed E-state index contributed by atoms with van der Waals surface area (Å²) in [6.45, 7) is 4.04. The number of benzene rings is 2. The number of hydrogen-bond acceptors (Lipinski definition) is 4. The second kappa shape index (κ2) is 8.12. The SMILES string of the molecule is CC[C@@H](C)NC(=O)c1ccc2c(=O)n(Cc3ccc(OC)cc3)c(=O)[nH]c2c1. The summed E-state index contributed by atoms with van der Waals surface area (Å²) >= 11 is 0. The van der Waals surface area contributed by atoms with Crippen LogP contribution in [0.15, 0.2) is 52.1 Å². The minimum absolute atomic E-state index is 0.0414. The number of methoxy groups -OCH3 is 1. The third kappa shape index (κ3) is 3.98. The molecule has 0 unspecified atom stereocenters. The van der Waals surface area contributed by atoms with Gasteiger partial charge in [0.15, 0.2) is 0 Å². The van der Waals surface area contributed by atoms with Crippen LogP contribution in [-0.2, 0) is 6.54 Å². The van der Waals surface area contributed by atoms with Gasteiger partial charge in [0.2, 0.25) is 0 Å². The average molecular weight is 381 g/mol. The maximum atomic E-state index is 12.8. The van der Waals surface area contributed by atoms with E-state index in [4.69, 9.17) is 4.74 Å². The molecule has 0 aliphatic rings. The summed E-state index contributed by atoms with van der Waals surface area (Å²) in [5.74, 6) is 0.464. The first kappa shape index (κ1) is 19.4. The fraction of sp³-hybridized carbons (Fsp3) is 0.286. The Morgan fingerprint density at radius 3 is 2.54 bits per heavy atom. The van der Waals surface area contributed by atoms with Crippen molar-refractivity contribution in [1.29, 1.82) is 0 Å². The third-order valence-electron chi connectivity index (χ3n) is 4.73. The first-order chi connectivity index (χ1) is 13.4. The predicted octanol–water partition coefficient (Wildman–Crippen LogP) is 2.28. The molecule has 0 aliphatic carbocycles. The molecule has 7 nitrogen and oxygen atoms in total. The lowest BCUT2D eigenvalue weighted by Crippen LogP contribution is -2.35. The zero-order valence-electron chi connectivity index (χ0n) is 16.1. The van der Waals surface area contributed by atoms with Crippen LogP contribution in [0.1, 0.15) is 36.2 Å². The molecule has 146 valence electrons. The molecule has 2 N–H and O–H groups in total. The van der Waals surface area contributed by atoms with Gasteiger partial charge in [0.05, 0.1) is 24.6 Å². The lowest BCUT2D eigenvalue weighted by Gasteiger charge is -2.12. The monoisotopic (exact) mass is 381 g/mol. The van der Waals surface area contributed by atoms with Crippen molar-refractivity contribution in [2.45, 2.75) is 32.9 Å². The molecule has 1 heterocycles. The summed E-state index contributed by atoms with van der Waals surface area (Å²) in [5, 5.41) is 3.22. The van der Waals surface area contributed by atoms with Gasteiger partial charge in [-0.05, 0) is 49.2 Å². The van der Waals surface area contributed by atoms with Crippen molar-refractivity contribution in [3.63, 3.8) is 0 Å². The molecule has 1 aromatic heterocycles. The Kier molecular flexibility index (Phi) is 5.63. The Labute approximate surface area is 162 Å². The van der Waals surface area contributed by atoms with Crippen LogP contribution in [0.4, 0.5) is 0 Å². The molecule has 3 rings (SSSR count). The maximum absolute atomic E-state index is 12.8. The van der Waals surface area contributed by atoms with Crippen LogP contribution in [0.25, 0.3) is 10.9 Å². The van der Waals surface area contributed by atoms with Gasteiger partial charge in [0, 0.05) is 11.6 Å². The largest absolute Gasteiger partial charge is 0.497 e. The number of H-pyrrole nitrogens is 1. The summed E-state index contributed by atoms with van der Waals surface area (Å²) < 4.78 is 6.26. The smallest absolute Gasteiger partial charge is 0.329 e. The van der Waals surface area contributed by atoms with E-state index in [1.54, 1.807) is 43.5 Å². The molecule has 0 spiro atoms. The van der Waals surface area contributed by atoms with Crippen LogP contribution in [0, 0.1) is 0 Å². The molecule has 0 bridgehead atoms. The minimum Gasteiger partial charge on any atom is -0.497 e. The molecule has 0 fully saturated rings. The number of aromatic amines is 1. The molecule has 3 aromatic rings. The van der Waals surface area contributed by atoms with Crippen molar-refractivity contribution < 1.29 is 9.53 Å². The standard InChI is InChI=1S/C21H23N3O4/c1-4-13(2)22-19(25)15-7-10-17-18(11-15)23-21(27)24(20(17)26)12-14-5-8-16(28-3)9-6-14/h5-11,13H,4,12H2,1-3H3,(H,22,25)(H,23,27)/t13-/m1/s1. The first-order valence-corrected chi connectivity index (χ1v) is 9.13. The number of ether oxygens (including phenoxy) is 1. The summed E-state index contributed by atoms with van der Waals surface area (Å²) in [6.07, 6.45) is 0.812. The summed E-state index contributed by atoms with van der Waals surface area (Å²) in [5.41, 5.74) is 0.627. The number of nitrogens with one attached hydrogen (secondary N) is 2. The maximum Gasteiger partial charge on any atom is 0.329 e. The van der Waals surface area contributed by atoms with E-state index in [1.807, 2.05) is 13.8 Å². The highest BCUT2D eigenvalue weighted by molar-refractivity contribution is 5.97. The molecular formula is C21H23N3O4. The lowest BCUT2D eigenvalue weighted by molar-refractivity contribution is 0.0939. The third-order valence-corrected chi connectivity index (χ3v) is 4.73. The summed E-state index contributed by atoms with van der Waals surface area (Å²) in [6, 6.07) is 11.9. The topological polar surface area (TPSA) is 93.2 Å². The van der Waals surface area contributed by atoms with Crippen molar-refractivity contribution in [3.8, 4) is 5.75 Å². The van der Waals surface area contributed by atoms with Crippen LogP contribution < -0.4 is 21.3 Å². The van der Waals surface area contributed by atoms with Crippen LogP contribution in [0.5, 0.6) is 5.75 Å². The normalized spacial score (nSPS) is 12.0. The molecule has 0 saturated carbocycles. The molecule has 1 amide bonds. The number of amides is 1. The number of hydrogen-bond donors (Lipinski definition) is 2. The van der Waals surface area contributed by atoms with Gasteiger partial charge in [-0.1, -0.05) is 19.1 Å². The Hall–Kier alpha value is -3.35. The van der Waals surface area contributed by atoms with Crippen molar-refractivity contribution in [1.82, 2.24) is 14.9 Å². The molecule has 1 atom stereocenters. The van der Waals surface area contributed by atoms with Gasteiger partial charge in [-0.25, -0.2) is 4.79 Å². The molecule has 28 heavy (non-hydrogen) atoms. The molecule has 0 radical (unpaired) electrons. The van der Waals surface area contributed by atoms with E-state index in [1.165, 1.54) is 6.07 Å². The van der Waals surface area contributed by atoms with Crippen LogP contribution in [0.3, 0.4) is 0 Å². The zero-order valence-corrected chi connectivity index (χ0v) is 16.1. The minimum atomic E-state index is -0.521. The van der Waals surface area contributed by atoms with E-state index in [2.05, 4.69) is 10.3 Å². The lowest BCUT2D eigenvalue weighted by atomic mass is 10.1. The van der Waals surface area contributed by atoms with E-state index in [9.17, 15) is 14.4 Å². The zero-order chi connectivity index (χ0) is 20.3. The number of nitrogens with zero attached hydrogens (tertiary/aromatic N) is 1.